The van der Waals surface area contributed by atoms with Crippen LogP contribution in [-0.4, -0.2) is 82.0 Å². The molecule has 0 unspecified atom stereocenters. The zero-order valence-corrected chi connectivity index (χ0v) is 23.1. The number of amides is 3. The number of aromatic amines is 1. The van der Waals surface area contributed by atoms with E-state index in [0.717, 1.165) is 35.1 Å². The van der Waals surface area contributed by atoms with Crippen molar-refractivity contribution in [2.24, 2.45) is 5.92 Å². The molecule has 0 bridgehead atoms. The van der Waals surface area contributed by atoms with Crippen LogP contribution in [0.25, 0.3) is 11.1 Å². The molecule has 2 heterocycles. The normalized spacial score (nSPS) is 21.7. The highest BCUT2D eigenvalue weighted by Gasteiger charge is 2.54. The molecule has 1 saturated carbocycles. The molecule has 12 heteroatoms. The minimum Gasteiger partial charge on any atom is -0.355 e. The standard InChI is InChI=1S/C29H31N9O3/c1-15(33-14-25(39)38-19(13-30)8-18-11-24(18)38)12-29(28-34-36-37-35-28)22-6-4-16(26(40)31-2)9-20(22)21-10-17(27(41)32-3)5-7-23(21)29/h4-7,9-10,15,18-19,24,33H,8,11-12,14H2,1-3H3,(H,31,40)(H,32,41)(H,34,35,36,37)/t15-,18-,19+,24+/m1/s1. The molecule has 4 atom stereocenters. The lowest BCUT2D eigenvalue weighted by Crippen LogP contribution is -2.46. The van der Waals surface area contributed by atoms with E-state index < -0.39 is 5.41 Å². The van der Waals surface area contributed by atoms with E-state index in [2.05, 4.69) is 42.6 Å². The highest BCUT2D eigenvalue weighted by molar-refractivity contribution is 5.99. The summed E-state index contributed by atoms with van der Waals surface area (Å²) in [5, 5.41) is 33.5. The first kappa shape index (κ1) is 26.6. The van der Waals surface area contributed by atoms with Gasteiger partial charge in [-0.3, -0.25) is 14.4 Å². The third-order valence-electron chi connectivity index (χ3n) is 8.71. The van der Waals surface area contributed by atoms with Gasteiger partial charge in [0.1, 0.15) is 6.04 Å². The number of hydrogen-bond donors (Lipinski definition) is 4. The van der Waals surface area contributed by atoms with Crippen LogP contribution in [0.4, 0.5) is 0 Å². The number of carbonyl (C=O) groups is 3. The SMILES string of the molecule is CNC(=O)c1ccc2c(c1)-c1cc(C(=O)NC)ccc1C2(C[C@@H](C)NCC(=O)N1[C@H](C#N)C[C@@H]2C[C@@H]21)c1nn[nH]n1. The molecule has 6 rings (SSSR count). The molecule has 210 valence electrons. The maximum Gasteiger partial charge on any atom is 0.251 e. The molecule has 0 radical (unpaired) electrons. The molecule has 2 aliphatic carbocycles. The number of nitriles is 1. The van der Waals surface area contributed by atoms with Crippen LogP contribution in [-0.2, 0) is 10.2 Å². The summed E-state index contributed by atoms with van der Waals surface area (Å²) in [6.45, 7) is 2.10. The molecule has 2 fully saturated rings. The van der Waals surface area contributed by atoms with Gasteiger partial charge >= 0.3 is 0 Å². The number of tetrazole rings is 1. The molecular weight excluding hydrogens is 522 g/mol. The molecule has 0 spiro atoms. The number of rotatable bonds is 8. The van der Waals surface area contributed by atoms with Gasteiger partial charge in [0, 0.05) is 37.3 Å². The van der Waals surface area contributed by atoms with Crippen molar-refractivity contribution in [3.8, 4) is 17.2 Å². The summed E-state index contributed by atoms with van der Waals surface area (Å²) in [6, 6.07) is 12.9. The van der Waals surface area contributed by atoms with Crippen molar-refractivity contribution >= 4 is 17.7 Å². The van der Waals surface area contributed by atoms with Crippen molar-refractivity contribution in [1.82, 2.24) is 41.5 Å². The Bertz CT molecular complexity index is 1510. The Kier molecular flexibility index (Phi) is 6.54. The Labute approximate surface area is 236 Å². The molecule has 1 aliphatic heterocycles. The van der Waals surface area contributed by atoms with Crippen LogP contribution in [0.5, 0.6) is 0 Å². The van der Waals surface area contributed by atoms with Gasteiger partial charge in [-0.2, -0.15) is 10.5 Å². The van der Waals surface area contributed by atoms with Crippen molar-refractivity contribution in [2.45, 2.75) is 49.7 Å². The molecule has 41 heavy (non-hydrogen) atoms. The molecule has 3 aliphatic rings. The first-order chi connectivity index (χ1) is 19.8. The lowest BCUT2D eigenvalue weighted by Gasteiger charge is -2.32. The van der Waals surface area contributed by atoms with Gasteiger partial charge in [0.25, 0.3) is 11.8 Å². The third kappa shape index (κ3) is 4.24. The second-order valence-electron chi connectivity index (χ2n) is 11.1. The van der Waals surface area contributed by atoms with Crippen LogP contribution in [0.15, 0.2) is 36.4 Å². The largest absolute Gasteiger partial charge is 0.355 e. The van der Waals surface area contributed by atoms with E-state index >= 15 is 0 Å². The van der Waals surface area contributed by atoms with Gasteiger partial charge < -0.3 is 20.9 Å². The molecule has 12 nitrogen and oxygen atoms in total. The predicted molar refractivity (Wildman–Crippen MR) is 148 cm³/mol. The fourth-order valence-electron chi connectivity index (χ4n) is 6.70. The fourth-order valence-corrected chi connectivity index (χ4v) is 6.70. The summed E-state index contributed by atoms with van der Waals surface area (Å²) in [5.41, 5.74) is 3.45. The number of nitrogens with one attached hydrogen (secondary N) is 4. The highest BCUT2D eigenvalue weighted by Crippen LogP contribution is 2.54. The smallest absolute Gasteiger partial charge is 0.251 e. The minimum atomic E-state index is -0.875. The Hall–Kier alpha value is -4.63. The number of likely N-dealkylation sites (tertiary alicyclic amines) is 1. The summed E-state index contributed by atoms with van der Waals surface area (Å²) in [6.07, 6.45) is 2.20. The maximum atomic E-state index is 13.2. The van der Waals surface area contributed by atoms with E-state index in [9.17, 15) is 19.6 Å². The summed E-state index contributed by atoms with van der Waals surface area (Å²) in [4.78, 5) is 40.0. The van der Waals surface area contributed by atoms with E-state index in [1.807, 2.05) is 31.2 Å². The summed E-state index contributed by atoms with van der Waals surface area (Å²) >= 11 is 0. The van der Waals surface area contributed by atoms with Crippen molar-refractivity contribution in [3.05, 3.63) is 64.5 Å². The van der Waals surface area contributed by atoms with Gasteiger partial charge in [0.2, 0.25) is 5.91 Å². The fraction of sp³-hybridized carbons (Fsp3) is 0.414. The van der Waals surface area contributed by atoms with Gasteiger partial charge in [-0.25, -0.2) is 0 Å². The van der Waals surface area contributed by atoms with Gasteiger partial charge in [0.05, 0.1) is 18.0 Å². The highest BCUT2D eigenvalue weighted by atomic mass is 16.2. The van der Waals surface area contributed by atoms with E-state index in [-0.39, 0.29) is 42.4 Å². The van der Waals surface area contributed by atoms with Crippen molar-refractivity contribution in [2.75, 3.05) is 20.6 Å². The van der Waals surface area contributed by atoms with Gasteiger partial charge in [-0.1, -0.05) is 17.3 Å². The van der Waals surface area contributed by atoms with Crippen LogP contribution in [0, 0.1) is 17.2 Å². The topological polar surface area (TPSA) is 169 Å². The summed E-state index contributed by atoms with van der Waals surface area (Å²) < 4.78 is 0. The number of aromatic nitrogens is 4. The minimum absolute atomic E-state index is 0.0697. The lowest BCUT2D eigenvalue weighted by atomic mass is 9.72. The number of hydrogen-bond acceptors (Lipinski definition) is 8. The van der Waals surface area contributed by atoms with Crippen molar-refractivity contribution < 1.29 is 14.4 Å². The van der Waals surface area contributed by atoms with Crippen LogP contribution in [0.1, 0.15) is 63.9 Å². The maximum absolute atomic E-state index is 13.2. The Morgan fingerprint density at radius 3 is 2.24 bits per heavy atom. The first-order valence-corrected chi connectivity index (χ1v) is 13.7. The molecule has 1 saturated heterocycles. The Morgan fingerprint density at radius 2 is 1.71 bits per heavy atom. The number of nitrogens with zero attached hydrogens (tertiary/aromatic N) is 5. The Balaban J connectivity index is 1.38. The predicted octanol–water partition coefficient (Wildman–Crippen LogP) is 1.11. The third-order valence-corrected chi connectivity index (χ3v) is 8.71. The molecule has 4 N–H and O–H groups in total. The Morgan fingerprint density at radius 1 is 1.07 bits per heavy atom. The van der Waals surface area contributed by atoms with Gasteiger partial charge in [-0.05, 0) is 78.6 Å². The number of fused-ring (bicyclic) bond motifs is 4. The monoisotopic (exact) mass is 553 g/mol. The summed E-state index contributed by atoms with van der Waals surface area (Å²) in [5.74, 6) is 0.381. The number of carbonyl (C=O) groups excluding carboxylic acids is 3. The van der Waals surface area contributed by atoms with Gasteiger partial charge in [-0.15, -0.1) is 10.2 Å². The zero-order valence-electron chi connectivity index (χ0n) is 23.1. The molecule has 2 aromatic carbocycles. The van der Waals surface area contributed by atoms with Gasteiger partial charge in [0.15, 0.2) is 5.82 Å². The van der Waals surface area contributed by atoms with E-state index in [1.165, 1.54) is 0 Å². The number of benzene rings is 2. The van der Waals surface area contributed by atoms with Crippen molar-refractivity contribution in [1.29, 1.82) is 5.26 Å². The molecule has 3 aromatic rings. The van der Waals surface area contributed by atoms with E-state index in [1.54, 1.807) is 31.1 Å². The first-order valence-electron chi connectivity index (χ1n) is 13.7. The summed E-state index contributed by atoms with van der Waals surface area (Å²) in [7, 11) is 3.16. The van der Waals surface area contributed by atoms with Crippen molar-refractivity contribution in [3.63, 3.8) is 0 Å². The average Bonchev–Trinajstić information content (AvgIpc) is 3.33. The second-order valence-corrected chi connectivity index (χ2v) is 11.1. The van der Waals surface area contributed by atoms with Crippen LogP contribution >= 0.6 is 0 Å². The molecule has 3 amide bonds. The van der Waals surface area contributed by atoms with Crippen LogP contribution < -0.4 is 16.0 Å². The number of piperidine rings is 1. The molecule has 1 aromatic heterocycles. The number of H-pyrrole nitrogens is 1. The molecular formula is C29H31N9O3. The van der Waals surface area contributed by atoms with Crippen LogP contribution in [0.2, 0.25) is 0 Å². The quantitative estimate of drug-likeness (QED) is 0.322. The zero-order chi connectivity index (χ0) is 28.9. The van der Waals surface area contributed by atoms with E-state index in [0.29, 0.717) is 29.3 Å². The second kappa shape index (κ2) is 10.1. The van der Waals surface area contributed by atoms with E-state index in [4.69, 9.17) is 0 Å². The average molecular weight is 554 g/mol. The lowest BCUT2D eigenvalue weighted by molar-refractivity contribution is -0.131. The van der Waals surface area contributed by atoms with Crippen LogP contribution in [0.3, 0.4) is 0 Å².